The number of ether oxygens (including phenoxy) is 1. The predicted octanol–water partition coefficient (Wildman–Crippen LogP) is 6.99. The number of amides is 1. The summed E-state index contributed by atoms with van der Waals surface area (Å²) in [5.41, 5.74) is 0.387. The molecule has 0 N–H and O–H groups in total. The van der Waals surface area contributed by atoms with Gasteiger partial charge < -0.3 is 9.15 Å². The first kappa shape index (κ1) is 25.2. The Morgan fingerprint density at radius 2 is 1.94 bits per heavy atom. The van der Waals surface area contributed by atoms with Crippen molar-refractivity contribution >= 4 is 41.0 Å². The quantitative estimate of drug-likeness (QED) is 0.261. The monoisotopic (exact) mass is 516 g/mol. The highest BCUT2D eigenvalue weighted by Crippen LogP contribution is 2.34. The number of carbonyl (C=O) groups excluding carboxylic acids is 2. The largest absolute Gasteiger partial charge is 0.462 e. The van der Waals surface area contributed by atoms with Gasteiger partial charge in [-0.25, -0.2) is 4.79 Å². The van der Waals surface area contributed by atoms with Crippen LogP contribution in [0.1, 0.15) is 41.9 Å². The zero-order valence-electron chi connectivity index (χ0n) is 19.2. The van der Waals surface area contributed by atoms with Gasteiger partial charge in [0.25, 0.3) is 5.91 Å². The van der Waals surface area contributed by atoms with E-state index in [-0.39, 0.29) is 28.5 Å². The number of esters is 1. The van der Waals surface area contributed by atoms with E-state index in [1.807, 2.05) is 6.92 Å². The molecule has 1 aromatic heterocycles. The molecule has 0 atom stereocenters. The van der Waals surface area contributed by atoms with E-state index in [0.29, 0.717) is 29.2 Å². The van der Waals surface area contributed by atoms with Crippen LogP contribution in [0.2, 0.25) is 5.02 Å². The third-order valence-corrected chi connectivity index (χ3v) is 5.63. The number of rotatable bonds is 6. The number of hydrogen-bond acceptors (Lipinski definition) is 5. The third-order valence-electron chi connectivity index (χ3n) is 5.30. The summed E-state index contributed by atoms with van der Waals surface area (Å²) in [5, 5.41) is 5.29. The van der Waals surface area contributed by atoms with Crippen molar-refractivity contribution in [3.8, 4) is 11.3 Å². The molecule has 0 saturated heterocycles. The number of carbonyl (C=O) groups is 2. The minimum Gasteiger partial charge on any atom is -0.462 e. The third kappa shape index (κ3) is 5.21. The van der Waals surface area contributed by atoms with E-state index < -0.39 is 23.6 Å². The smallest absolute Gasteiger partial charge is 0.416 e. The summed E-state index contributed by atoms with van der Waals surface area (Å²) >= 11 is 6.15. The van der Waals surface area contributed by atoms with Crippen molar-refractivity contribution in [2.24, 2.45) is 5.10 Å². The Hall–Kier alpha value is -3.85. The second kappa shape index (κ2) is 10.0. The number of halogens is 4. The van der Waals surface area contributed by atoms with Crippen LogP contribution < -0.4 is 5.01 Å². The van der Waals surface area contributed by atoms with Crippen molar-refractivity contribution in [2.45, 2.75) is 26.4 Å². The summed E-state index contributed by atoms with van der Waals surface area (Å²) in [6.07, 6.45) is -2.41. The van der Waals surface area contributed by atoms with E-state index >= 15 is 0 Å². The number of benzene rings is 2. The Labute approximate surface area is 209 Å². The predicted molar refractivity (Wildman–Crippen MR) is 130 cm³/mol. The highest BCUT2D eigenvalue weighted by molar-refractivity contribution is 6.33. The Morgan fingerprint density at radius 1 is 1.17 bits per heavy atom. The minimum atomic E-state index is -4.55. The minimum absolute atomic E-state index is 0.00126. The summed E-state index contributed by atoms with van der Waals surface area (Å²) < 4.78 is 50.3. The molecule has 0 spiro atoms. The Bertz CT molecular complexity index is 1390. The molecule has 6 nitrogen and oxygen atoms in total. The number of anilines is 1. The fraction of sp³-hybridized carbons (Fsp3) is 0.192. The van der Waals surface area contributed by atoms with Crippen molar-refractivity contribution in [2.75, 3.05) is 11.6 Å². The summed E-state index contributed by atoms with van der Waals surface area (Å²) in [6.45, 7) is 3.73. The summed E-state index contributed by atoms with van der Waals surface area (Å²) in [4.78, 5) is 25.2. The van der Waals surface area contributed by atoms with Crippen LogP contribution in [0.5, 0.6) is 0 Å². The van der Waals surface area contributed by atoms with Gasteiger partial charge in [-0.15, -0.1) is 0 Å². The van der Waals surface area contributed by atoms with Crippen LogP contribution in [0.3, 0.4) is 0 Å². The summed E-state index contributed by atoms with van der Waals surface area (Å²) in [5.74, 6) is -0.399. The van der Waals surface area contributed by atoms with Crippen LogP contribution in [0.4, 0.5) is 18.9 Å². The van der Waals surface area contributed by atoms with Gasteiger partial charge in [0.15, 0.2) is 0 Å². The molecule has 0 unspecified atom stereocenters. The number of furan rings is 1. The molecular weight excluding hydrogens is 497 g/mol. The lowest BCUT2D eigenvalue weighted by atomic mass is 10.1. The topological polar surface area (TPSA) is 72.1 Å². The van der Waals surface area contributed by atoms with Gasteiger partial charge in [-0.05, 0) is 68.0 Å². The molecule has 1 aliphatic heterocycles. The maximum Gasteiger partial charge on any atom is 0.416 e. The van der Waals surface area contributed by atoms with Gasteiger partial charge in [0, 0.05) is 5.56 Å². The molecule has 186 valence electrons. The first-order valence-corrected chi connectivity index (χ1v) is 11.3. The van der Waals surface area contributed by atoms with Crippen LogP contribution in [0.25, 0.3) is 17.4 Å². The Kier molecular flexibility index (Phi) is 7.03. The number of hydrogen-bond donors (Lipinski definition) is 0. The molecule has 2 heterocycles. The molecule has 0 saturated carbocycles. The second-order valence-corrected chi connectivity index (χ2v) is 8.35. The Balaban J connectivity index is 1.58. The van der Waals surface area contributed by atoms with Crippen LogP contribution in [-0.2, 0) is 15.7 Å². The SMILES string of the molecule is CCCOC(=O)c1cc(-c2ccc(C=C3C(=O)N(c4cccc(C(F)(F)F)c4)N=C3C)o2)ccc1Cl. The fourth-order valence-corrected chi connectivity index (χ4v) is 3.70. The van der Waals surface area contributed by atoms with Gasteiger partial charge in [0.1, 0.15) is 11.5 Å². The average Bonchev–Trinajstić information content (AvgIpc) is 3.42. The van der Waals surface area contributed by atoms with Gasteiger partial charge in [0.2, 0.25) is 0 Å². The van der Waals surface area contributed by atoms with E-state index in [1.165, 1.54) is 18.2 Å². The summed E-state index contributed by atoms with van der Waals surface area (Å²) in [7, 11) is 0. The van der Waals surface area contributed by atoms with Gasteiger partial charge in [-0.2, -0.15) is 23.3 Å². The molecule has 0 fully saturated rings. The normalized spacial score (nSPS) is 14.9. The first-order chi connectivity index (χ1) is 17.1. The lowest BCUT2D eigenvalue weighted by Gasteiger charge is -2.14. The summed E-state index contributed by atoms with van der Waals surface area (Å²) in [6, 6.07) is 12.5. The van der Waals surface area contributed by atoms with Crippen LogP contribution in [0, 0.1) is 0 Å². The molecule has 36 heavy (non-hydrogen) atoms. The maximum absolute atomic E-state index is 13.1. The van der Waals surface area contributed by atoms with E-state index in [9.17, 15) is 22.8 Å². The van der Waals surface area contributed by atoms with E-state index in [0.717, 1.165) is 17.1 Å². The van der Waals surface area contributed by atoms with E-state index in [1.54, 1.807) is 37.3 Å². The zero-order valence-corrected chi connectivity index (χ0v) is 20.0. The second-order valence-electron chi connectivity index (χ2n) is 7.94. The number of nitrogens with zero attached hydrogens (tertiary/aromatic N) is 2. The van der Waals surface area contributed by atoms with Gasteiger partial charge in [-0.3, -0.25) is 4.79 Å². The molecule has 10 heteroatoms. The van der Waals surface area contributed by atoms with Crippen molar-refractivity contribution in [3.63, 3.8) is 0 Å². The van der Waals surface area contributed by atoms with Gasteiger partial charge in [0.05, 0.1) is 39.7 Å². The molecular formula is C26H20ClF3N2O4. The standard InChI is InChI=1S/C26H20ClF3N2O4/c1-3-11-35-25(34)21-12-16(7-9-22(21)27)23-10-8-19(36-23)14-20-15(2)31-32(24(20)33)18-6-4-5-17(13-18)26(28,29)30/h4-10,12-14H,3,11H2,1-2H3. The fourth-order valence-electron chi connectivity index (χ4n) is 3.51. The maximum atomic E-state index is 13.1. The highest BCUT2D eigenvalue weighted by atomic mass is 35.5. The van der Waals surface area contributed by atoms with Crippen molar-refractivity contribution in [3.05, 3.63) is 82.1 Å². The molecule has 1 amide bonds. The average molecular weight is 517 g/mol. The van der Waals surface area contributed by atoms with Crippen LogP contribution >= 0.6 is 11.6 Å². The van der Waals surface area contributed by atoms with E-state index in [2.05, 4.69) is 5.10 Å². The molecule has 0 bridgehead atoms. The number of alkyl halides is 3. The van der Waals surface area contributed by atoms with Crippen molar-refractivity contribution < 1.29 is 31.9 Å². The lowest BCUT2D eigenvalue weighted by molar-refractivity contribution is -0.137. The van der Waals surface area contributed by atoms with Crippen molar-refractivity contribution in [1.82, 2.24) is 0 Å². The van der Waals surface area contributed by atoms with Gasteiger partial charge in [-0.1, -0.05) is 24.6 Å². The van der Waals surface area contributed by atoms with Gasteiger partial charge >= 0.3 is 12.1 Å². The molecule has 2 aromatic carbocycles. The Morgan fingerprint density at radius 3 is 2.67 bits per heavy atom. The van der Waals surface area contributed by atoms with Crippen LogP contribution in [0.15, 0.2) is 69.7 Å². The number of hydrazone groups is 1. The van der Waals surface area contributed by atoms with Crippen LogP contribution in [-0.4, -0.2) is 24.2 Å². The molecule has 0 aliphatic carbocycles. The molecule has 4 rings (SSSR count). The lowest BCUT2D eigenvalue weighted by Crippen LogP contribution is -2.21. The first-order valence-electron chi connectivity index (χ1n) is 10.9. The van der Waals surface area contributed by atoms with E-state index in [4.69, 9.17) is 20.8 Å². The van der Waals surface area contributed by atoms with Crippen molar-refractivity contribution in [1.29, 1.82) is 0 Å². The molecule has 1 aliphatic rings. The zero-order chi connectivity index (χ0) is 26.0. The highest BCUT2D eigenvalue weighted by Gasteiger charge is 2.33. The molecule has 3 aromatic rings. The molecule has 0 radical (unpaired) electrons.